The van der Waals surface area contributed by atoms with Crippen LogP contribution >= 0.6 is 11.8 Å². The van der Waals surface area contributed by atoms with E-state index in [0.29, 0.717) is 6.54 Å². The molecule has 0 bridgehead atoms. The van der Waals surface area contributed by atoms with Crippen molar-refractivity contribution in [2.45, 2.75) is 38.1 Å². The molecule has 0 spiro atoms. The van der Waals surface area contributed by atoms with E-state index in [1.54, 1.807) is 17.8 Å². The predicted molar refractivity (Wildman–Crippen MR) is 113 cm³/mol. The Bertz CT molecular complexity index is 758. The van der Waals surface area contributed by atoms with E-state index in [0.717, 1.165) is 16.0 Å². The van der Waals surface area contributed by atoms with Crippen molar-refractivity contribution in [1.82, 2.24) is 4.90 Å². The minimum atomic E-state index is -0.245. The number of carbonyl (C=O) groups excluding carboxylic acids is 1. The lowest BCUT2D eigenvalue weighted by Crippen LogP contribution is -2.45. The Labute approximate surface area is 161 Å². The maximum atomic E-state index is 12.8. The van der Waals surface area contributed by atoms with Gasteiger partial charge in [0.1, 0.15) is 0 Å². The first-order valence-electron chi connectivity index (χ1n) is 8.78. The Balaban J connectivity index is 2.06. The van der Waals surface area contributed by atoms with Gasteiger partial charge in [0.15, 0.2) is 0 Å². The molecular formula is C23H27NOS. The van der Waals surface area contributed by atoms with Gasteiger partial charge in [-0.15, -0.1) is 0 Å². The van der Waals surface area contributed by atoms with Gasteiger partial charge in [-0.3, -0.25) is 4.79 Å². The summed E-state index contributed by atoms with van der Waals surface area (Å²) in [5.41, 5.74) is 2.06. The number of hydrogen-bond donors (Lipinski definition) is 0. The molecule has 2 rings (SSSR count). The topological polar surface area (TPSA) is 20.3 Å². The smallest absolute Gasteiger partial charge is 0.247 e. The van der Waals surface area contributed by atoms with Gasteiger partial charge in [0.25, 0.3) is 0 Å². The van der Waals surface area contributed by atoms with Crippen LogP contribution in [-0.4, -0.2) is 22.9 Å². The van der Waals surface area contributed by atoms with Crippen LogP contribution in [0, 0.1) is 0 Å². The molecule has 136 valence electrons. The number of hydrogen-bond acceptors (Lipinski definition) is 2. The Morgan fingerprint density at radius 1 is 1.00 bits per heavy atom. The molecule has 0 fully saturated rings. The molecule has 0 atom stereocenters. The minimum Gasteiger partial charge on any atom is -0.330 e. The van der Waals surface area contributed by atoms with Crippen LogP contribution in [0.25, 0.3) is 6.08 Å². The highest BCUT2D eigenvalue weighted by molar-refractivity contribution is 8.02. The number of carbonyl (C=O) groups is 1. The number of rotatable bonds is 6. The lowest BCUT2D eigenvalue weighted by Gasteiger charge is -2.35. The molecule has 3 heteroatoms. The van der Waals surface area contributed by atoms with Crippen molar-refractivity contribution in [1.29, 1.82) is 0 Å². The monoisotopic (exact) mass is 365 g/mol. The number of nitrogens with zero attached hydrogens (tertiary/aromatic N) is 1. The molecule has 2 aromatic rings. The van der Waals surface area contributed by atoms with E-state index < -0.39 is 0 Å². The van der Waals surface area contributed by atoms with Crippen molar-refractivity contribution < 1.29 is 4.79 Å². The third kappa shape index (κ3) is 6.57. The lowest BCUT2D eigenvalue weighted by molar-refractivity contribution is -0.129. The van der Waals surface area contributed by atoms with Crippen LogP contribution in [0.3, 0.4) is 0 Å². The molecule has 0 aliphatic rings. The van der Waals surface area contributed by atoms with Crippen molar-refractivity contribution in [3.05, 3.63) is 83.3 Å². The van der Waals surface area contributed by atoms with Gasteiger partial charge in [-0.25, -0.2) is 0 Å². The molecule has 0 saturated heterocycles. The molecule has 2 aromatic carbocycles. The molecule has 0 N–H and O–H groups in total. The average Bonchev–Trinajstić information content (AvgIpc) is 2.60. The van der Waals surface area contributed by atoms with E-state index in [4.69, 9.17) is 0 Å². The SMILES string of the molecule is C/C(=C/c1ccccc1)CN(C(=O)/C=C\Sc1ccccc1)C(C)(C)C. The van der Waals surface area contributed by atoms with Gasteiger partial charge in [0.2, 0.25) is 5.91 Å². The zero-order chi connectivity index (χ0) is 19.0. The standard InChI is InChI=1S/C23H27NOS/c1-19(17-20-11-7-5-8-12-20)18-24(23(2,3)4)22(25)15-16-26-21-13-9-6-10-14-21/h5-17H,18H2,1-4H3/b16-15-,19-17-. The normalized spacial score (nSPS) is 12.4. The number of thioether (sulfide) groups is 1. The summed E-state index contributed by atoms with van der Waals surface area (Å²) in [4.78, 5) is 15.8. The molecule has 0 aliphatic heterocycles. The Morgan fingerprint density at radius 3 is 2.15 bits per heavy atom. The summed E-state index contributed by atoms with van der Waals surface area (Å²) < 4.78 is 0. The second kappa shape index (κ2) is 9.44. The third-order valence-corrected chi connectivity index (χ3v) is 4.67. The summed E-state index contributed by atoms with van der Waals surface area (Å²) in [6.07, 6.45) is 3.80. The maximum absolute atomic E-state index is 12.8. The summed E-state index contributed by atoms with van der Waals surface area (Å²) in [7, 11) is 0. The van der Waals surface area contributed by atoms with E-state index in [1.165, 1.54) is 0 Å². The van der Waals surface area contributed by atoms with Crippen molar-refractivity contribution in [3.63, 3.8) is 0 Å². The van der Waals surface area contributed by atoms with Crippen molar-refractivity contribution >= 4 is 23.7 Å². The second-order valence-corrected chi connectivity index (χ2v) is 8.21. The van der Waals surface area contributed by atoms with E-state index in [-0.39, 0.29) is 11.4 Å². The molecule has 0 aromatic heterocycles. The lowest BCUT2D eigenvalue weighted by atomic mass is 10.0. The molecule has 0 saturated carbocycles. The maximum Gasteiger partial charge on any atom is 0.247 e. The van der Waals surface area contributed by atoms with Crippen molar-refractivity contribution in [3.8, 4) is 0 Å². The van der Waals surface area contributed by atoms with Gasteiger partial charge >= 0.3 is 0 Å². The molecule has 0 heterocycles. The van der Waals surface area contributed by atoms with Gasteiger partial charge < -0.3 is 4.90 Å². The van der Waals surface area contributed by atoms with Crippen molar-refractivity contribution in [2.24, 2.45) is 0 Å². The van der Waals surface area contributed by atoms with E-state index in [9.17, 15) is 4.79 Å². The average molecular weight is 366 g/mol. The van der Waals surface area contributed by atoms with Gasteiger partial charge in [-0.05, 0) is 50.8 Å². The van der Waals surface area contributed by atoms with Crippen molar-refractivity contribution in [2.75, 3.05) is 6.54 Å². The first kappa shape index (κ1) is 20.1. The molecule has 0 unspecified atom stereocenters. The molecule has 0 radical (unpaired) electrons. The van der Waals surface area contributed by atoms with Crippen LogP contribution in [-0.2, 0) is 4.79 Å². The zero-order valence-electron chi connectivity index (χ0n) is 16.0. The van der Waals surface area contributed by atoms with Gasteiger partial charge in [-0.1, -0.05) is 71.9 Å². The van der Waals surface area contributed by atoms with Gasteiger partial charge in [0.05, 0.1) is 0 Å². The van der Waals surface area contributed by atoms with Crippen LogP contribution in [0.2, 0.25) is 0 Å². The van der Waals surface area contributed by atoms with E-state index in [1.807, 2.05) is 58.8 Å². The largest absolute Gasteiger partial charge is 0.330 e. The summed E-state index contributed by atoms with van der Waals surface area (Å²) in [6, 6.07) is 20.3. The predicted octanol–water partition coefficient (Wildman–Crippen LogP) is 6.02. The molecule has 1 amide bonds. The van der Waals surface area contributed by atoms with Gasteiger partial charge in [-0.2, -0.15) is 0 Å². The molecule has 0 aliphatic carbocycles. The van der Waals surface area contributed by atoms with Crippen LogP contribution < -0.4 is 0 Å². The fraction of sp³-hybridized carbons (Fsp3) is 0.261. The van der Waals surface area contributed by atoms with E-state index in [2.05, 4.69) is 45.9 Å². The van der Waals surface area contributed by atoms with E-state index >= 15 is 0 Å². The third-order valence-electron chi connectivity index (χ3n) is 3.85. The molecular weight excluding hydrogens is 338 g/mol. The highest BCUT2D eigenvalue weighted by Gasteiger charge is 2.24. The number of amides is 1. The Hall–Kier alpha value is -2.26. The zero-order valence-corrected chi connectivity index (χ0v) is 16.8. The van der Waals surface area contributed by atoms with Gasteiger partial charge in [0, 0.05) is 23.1 Å². The Kier molecular flexibility index (Phi) is 7.28. The van der Waals surface area contributed by atoms with Crippen LogP contribution in [0.5, 0.6) is 0 Å². The summed E-state index contributed by atoms with van der Waals surface area (Å²) in [5.74, 6) is 0.0294. The van der Waals surface area contributed by atoms with Crippen LogP contribution in [0.1, 0.15) is 33.3 Å². The fourth-order valence-corrected chi connectivity index (χ4v) is 3.19. The minimum absolute atomic E-state index is 0.0294. The summed E-state index contributed by atoms with van der Waals surface area (Å²) in [6.45, 7) is 8.88. The first-order valence-corrected chi connectivity index (χ1v) is 9.66. The van der Waals surface area contributed by atoms with Crippen LogP contribution in [0.4, 0.5) is 0 Å². The molecule has 2 nitrogen and oxygen atoms in total. The molecule has 26 heavy (non-hydrogen) atoms. The van der Waals surface area contributed by atoms with Crippen LogP contribution in [0.15, 0.2) is 82.6 Å². The fourth-order valence-electron chi connectivity index (χ4n) is 2.53. The quantitative estimate of drug-likeness (QED) is 0.460. The first-order chi connectivity index (χ1) is 12.4. The summed E-state index contributed by atoms with van der Waals surface area (Å²) in [5, 5.41) is 1.87. The second-order valence-electron chi connectivity index (χ2n) is 7.23. The number of benzene rings is 2. The summed E-state index contributed by atoms with van der Waals surface area (Å²) >= 11 is 1.56. The highest BCUT2D eigenvalue weighted by Crippen LogP contribution is 2.21. The highest BCUT2D eigenvalue weighted by atomic mass is 32.2. The Morgan fingerprint density at radius 2 is 1.58 bits per heavy atom.